The lowest BCUT2D eigenvalue weighted by molar-refractivity contribution is 0.0602. The topological polar surface area (TPSA) is 64.3 Å². The van der Waals surface area contributed by atoms with Gasteiger partial charge in [-0.3, -0.25) is 0 Å². The van der Waals surface area contributed by atoms with Crippen LogP contribution in [0.4, 0.5) is 11.4 Å². The van der Waals surface area contributed by atoms with Crippen LogP contribution in [0.3, 0.4) is 0 Å². The Bertz CT molecular complexity index is 514. The van der Waals surface area contributed by atoms with Crippen LogP contribution in [0, 0.1) is 18.8 Å². The third-order valence-corrected chi connectivity index (χ3v) is 4.65. The fourth-order valence-electron chi connectivity index (χ4n) is 3.12. The summed E-state index contributed by atoms with van der Waals surface area (Å²) in [5, 5.41) is 3.47. The molecule has 1 aliphatic rings. The summed E-state index contributed by atoms with van der Waals surface area (Å²) in [5.41, 5.74) is 8.74. The second-order valence-corrected chi connectivity index (χ2v) is 6.15. The highest BCUT2D eigenvalue weighted by Gasteiger charge is 2.21. The molecule has 3 N–H and O–H groups in total. The molecule has 1 fully saturated rings. The highest BCUT2D eigenvalue weighted by Crippen LogP contribution is 2.30. The van der Waals surface area contributed by atoms with E-state index in [1.807, 2.05) is 13.0 Å². The number of methoxy groups -OCH3 is 1. The van der Waals surface area contributed by atoms with Crippen molar-refractivity contribution in [2.45, 2.75) is 39.5 Å². The van der Waals surface area contributed by atoms with Gasteiger partial charge in [0.25, 0.3) is 0 Å². The van der Waals surface area contributed by atoms with E-state index in [0.717, 1.165) is 23.7 Å². The summed E-state index contributed by atoms with van der Waals surface area (Å²) in [6.45, 7) is 5.20. The Kier molecular flexibility index (Phi) is 5.10. The predicted molar refractivity (Wildman–Crippen MR) is 86.5 cm³/mol. The first kappa shape index (κ1) is 15.7. The molecule has 0 aromatic heterocycles. The number of carbonyl (C=O) groups excluding carboxylic acids is 1. The van der Waals surface area contributed by atoms with Gasteiger partial charge in [-0.25, -0.2) is 4.79 Å². The maximum atomic E-state index is 11.8. The van der Waals surface area contributed by atoms with Crippen LogP contribution in [0.5, 0.6) is 0 Å². The first-order valence-electron chi connectivity index (χ1n) is 7.75. The normalized spacial score (nSPS) is 21.9. The molecule has 2 atom stereocenters. The molecule has 1 saturated carbocycles. The molecule has 0 saturated heterocycles. The molecule has 0 amide bonds. The van der Waals surface area contributed by atoms with Gasteiger partial charge in [0.05, 0.1) is 12.7 Å². The van der Waals surface area contributed by atoms with Crippen LogP contribution in [-0.4, -0.2) is 19.6 Å². The molecule has 2 rings (SSSR count). The summed E-state index contributed by atoms with van der Waals surface area (Å²) in [6, 6.07) is 3.79. The quantitative estimate of drug-likeness (QED) is 0.657. The van der Waals surface area contributed by atoms with Crippen molar-refractivity contribution in [3.63, 3.8) is 0 Å². The number of ether oxygens (including phenoxy) is 1. The van der Waals surface area contributed by atoms with E-state index in [9.17, 15) is 4.79 Å². The largest absolute Gasteiger partial charge is 0.465 e. The Hall–Kier alpha value is -1.71. The maximum Gasteiger partial charge on any atom is 0.340 e. The maximum absolute atomic E-state index is 11.8. The van der Waals surface area contributed by atoms with Crippen molar-refractivity contribution in [2.24, 2.45) is 11.8 Å². The number of nitrogens with two attached hydrogens (primary N) is 1. The zero-order chi connectivity index (χ0) is 15.4. The predicted octanol–water partition coefficient (Wildman–Crippen LogP) is 3.60. The number of benzene rings is 1. The van der Waals surface area contributed by atoms with Crippen molar-refractivity contribution < 1.29 is 9.53 Å². The molecule has 0 bridgehead atoms. The van der Waals surface area contributed by atoms with E-state index in [2.05, 4.69) is 12.2 Å². The molecule has 0 heterocycles. The molecule has 0 radical (unpaired) electrons. The number of hydrogen-bond acceptors (Lipinski definition) is 4. The molecule has 1 aliphatic carbocycles. The minimum absolute atomic E-state index is 0.384. The molecule has 0 spiro atoms. The zero-order valence-electron chi connectivity index (χ0n) is 13.2. The van der Waals surface area contributed by atoms with Crippen molar-refractivity contribution in [3.05, 3.63) is 23.3 Å². The van der Waals surface area contributed by atoms with Gasteiger partial charge in [0, 0.05) is 17.9 Å². The number of esters is 1. The highest BCUT2D eigenvalue weighted by atomic mass is 16.5. The summed E-state index contributed by atoms with van der Waals surface area (Å²) in [6.07, 6.45) is 5.28. The molecule has 0 aliphatic heterocycles. The summed E-state index contributed by atoms with van der Waals surface area (Å²) >= 11 is 0. The first-order valence-corrected chi connectivity index (χ1v) is 7.75. The Balaban J connectivity index is 2.09. The number of nitrogens with one attached hydrogen (secondary N) is 1. The van der Waals surface area contributed by atoms with Crippen LogP contribution in [0.15, 0.2) is 12.1 Å². The van der Waals surface area contributed by atoms with E-state index in [-0.39, 0.29) is 5.97 Å². The summed E-state index contributed by atoms with van der Waals surface area (Å²) in [5.74, 6) is 1.09. The van der Waals surface area contributed by atoms with Gasteiger partial charge in [-0.1, -0.05) is 26.2 Å². The van der Waals surface area contributed by atoms with Gasteiger partial charge >= 0.3 is 5.97 Å². The Morgan fingerprint density at radius 2 is 2.10 bits per heavy atom. The van der Waals surface area contributed by atoms with Crippen molar-refractivity contribution in [1.29, 1.82) is 0 Å². The van der Waals surface area contributed by atoms with E-state index >= 15 is 0 Å². The second kappa shape index (κ2) is 6.83. The van der Waals surface area contributed by atoms with Gasteiger partial charge in [0.2, 0.25) is 0 Å². The Morgan fingerprint density at radius 3 is 2.76 bits per heavy atom. The van der Waals surface area contributed by atoms with Crippen molar-refractivity contribution >= 4 is 17.3 Å². The summed E-state index contributed by atoms with van der Waals surface area (Å²) < 4.78 is 4.79. The molecule has 116 valence electrons. The highest BCUT2D eigenvalue weighted by molar-refractivity contribution is 5.97. The molecule has 21 heavy (non-hydrogen) atoms. The summed E-state index contributed by atoms with van der Waals surface area (Å²) in [7, 11) is 1.38. The Morgan fingerprint density at radius 1 is 1.38 bits per heavy atom. The number of aryl methyl sites for hydroxylation is 1. The standard InChI is InChI=1S/C17H26N2O2/c1-11-6-4-5-7-13(11)10-19-14-8-12(2)16(18)15(9-14)17(20)21-3/h8-9,11,13,19H,4-7,10,18H2,1-3H3. The van der Waals surface area contributed by atoms with Crippen LogP contribution >= 0.6 is 0 Å². The zero-order valence-corrected chi connectivity index (χ0v) is 13.2. The van der Waals surface area contributed by atoms with Crippen molar-refractivity contribution in [2.75, 3.05) is 24.7 Å². The Labute approximate surface area is 127 Å². The first-order chi connectivity index (χ1) is 10.0. The number of hydrogen-bond donors (Lipinski definition) is 2. The third kappa shape index (κ3) is 3.69. The van der Waals surface area contributed by atoms with E-state index in [1.165, 1.54) is 32.8 Å². The fourth-order valence-corrected chi connectivity index (χ4v) is 3.12. The van der Waals surface area contributed by atoms with E-state index in [0.29, 0.717) is 17.2 Å². The van der Waals surface area contributed by atoms with Gasteiger partial charge in [-0.15, -0.1) is 0 Å². The number of rotatable bonds is 4. The average Bonchev–Trinajstić information content (AvgIpc) is 2.48. The summed E-state index contributed by atoms with van der Waals surface area (Å²) in [4.78, 5) is 11.8. The second-order valence-electron chi connectivity index (χ2n) is 6.15. The van der Waals surface area contributed by atoms with E-state index in [4.69, 9.17) is 10.5 Å². The molecule has 2 unspecified atom stereocenters. The van der Waals surface area contributed by atoms with Crippen molar-refractivity contribution in [1.82, 2.24) is 0 Å². The number of anilines is 2. The minimum atomic E-state index is -0.384. The number of nitrogen functional groups attached to an aromatic ring is 1. The fraction of sp³-hybridized carbons (Fsp3) is 0.588. The van der Waals surface area contributed by atoms with Gasteiger partial charge in [-0.05, 0) is 42.9 Å². The molecule has 4 nitrogen and oxygen atoms in total. The van der Waals surface area contributed by atoms with Crippen LogP contribution in [0.25, 0.3) is 0 Å². The van der Waals surface area contributed by atoms with Gasteiger partial charge < -0.3 is 15.8 Å². The number of carbonyl (C=O) groups is 1. The van der Waals surface area contributed by atoms with E-state index < -0.39 is 0 Å². The van der Waals surface area contributed by atoms with Gasteiger partial charge in [0.1, 0.15) is 0 Å². The average molecular weight is 290 g/mol. The molecular weight excluding hydrogens is 264 g/mol. The molecular formula is C17H26N2O2. The van der Waals surface area contributed by atoms with Crippen LogP contribution in [-0.2, 0) is 4.74 Å². The van der Waals surface area contributed by atoms with Gasteiger partial charge in [0.15, 0.2) is 0 Å². The van der Waals surface area contributed by atoms with Crippen molar-refractivity contribution in [3.8, 4) is 0 Å². The lowest BCUT2D eigenvalue weighted by Gasteiger charge is -2.29. The monoisotopic (exact) mass is 290 g/mol. The molecule has 1 aromatic rings. The minimum Gasteiger partial charge on any atom is -0.465 e. The van der Waals surface area contributed by atoms with Crippen LogP contribution in [0.2, 0.25) is 0 Å². The van der Waals surface area contributed by atoms with Gasteiger partial charge in [-0.2, -0.15) is 0 Å². The van der Waals surface area contributed by atoms with Crippen LogP contribution in [0.1, 0.15) is 48.5 Å². The third-order valence-electron chi connectivity index (χ3n) is 4.65. The lowest BCUT2D eigenvalue weighted by atomic mass is 9.80. The molecule has 4 heteroatoms. The smallest absolute Gasteiger partial charge is 0.340 e. The van der Waals surface area contributed by atoms with E-state index in [1.54, 1.807) is 6.07 Å². The van der Waals surface area contributed by atoms with Crippen LogP contribution < -0.4 is 11.1 Å². The molecule has 1 aromatic carbocycles. The SMILES string of the molecule is COC(=O)c1cc(NCC2CCCCC2C)cc(C)c1N. The lowest BCUT2D eigenvalue weighted by Crippen LogP contribution is -2.24.